The Hall–Kier alpha value is -2.21. The van der Waals surface area contributed by atoms with Crippen molar-refractivity contribution in [3.05, 3.63) is 35.7 Å². The van der Waals surface area contributed by atoms with E-state index in [1.54, 1.807) is 13.2 Å². The molecule has 1 saturated carbocycles. The number of nitrogens with one attached hydrogen (secondary N) is 1. The lowest BCUT2D eigenvalue weighted by Gasteiger charge is -2.13. The highest BCUT2D eigenvalue weighted by atomic mass is 16.5. The highest BCUT2D eigenvalue weighted by Gasteiger charge is 2.25. The third-order valence-electron chi connectivity index (χ3n) is 3.49. The fraction of sp³-hybridized carbons (Fsp3) is 0.400. The molecule has 1 heterocycles. The molecular weight excluding hydrogens is 272 g/mol. The number of carbonyl (C=O) groups is 2. The van der Waals surface area contributed by atoms with Crippen LogP contribution in [0.5, 0.6) is 0 Å². The zero-order chi connectivity index (χ0) is 15.2. The van der Waals surface area contributed by atoms with E-state index in [1.165, 1.54) is 18.5 Å². The monoisotopic (exact) mass is 290 g/mol. The Morgan fingerprint density at radius 3 is 2.90 bits per heavy atom. The number of ether oxygens (including phenoxy) is 1. The summed E-state index contributed by atoms with van der Waals surface area (Å²) in [5.41, 5.74) is 0.995. The molecule has 1 aromatic rings. The maximum atomic E-state index is 12.2. The predicted octanol–water partition coefficient (Wildman–Crippen LogP) is 1.48. The summed E-state index contributed by atoms with van der Waals surface area (Å²) >= 11 is 0. The summed E-state index contributed by atoms with van der Waals surface area (Å²) in [5, 5.41) is 11.5. The number of hydrogen-bond donors (Lipinski definition) is 2. The molecule has 1 aliphatic rings. The molecule has 0 radical (unpaired) electrons. The normalized spacial score (nSPS) is 21.6. The Labute approximate surface area is 122 Å². The number of amides is 1. The van der Waals surface area contributed by atoms with E-state index in [4.69, 9.17) is 9.84 Å². The molecule has 112 valence electrons. The number of carbonyl (C=O) groups excluding carboxylic acids is 1. The van der Waals surface area contributed by atoms with Gasteiger partial charge in [-0.2, -0.15) is 0 Å². The standard InChI is InChI=1S/C15H18N2O4/c1-21-13-4-3-12(7-13)17-15(20)11-6-10(8-16-9-11)2-5-14(18)19/h2,5-6,8-9,12-13H,3-4,7H2,1H3,(H,17,20)(H,18,19)/b5-2+. The first-order valence-corrected chi connectivity index (χ1v) is 6.78. The van der Waals surface area contributed by atoms with Crippen LogP contribution in [0.3, 0.4) is 0 Å². The van der Waals surface area contributed by atoms with Gasteiger partial charge in [0, 0.05) is 31.6 Å². The SMILES string of the molecule is COC1CCC(NC(=O)c2cncc(/C=C/C(=O)O)c2)C1. The van der Waals surface area contributed by atoms with Gasteiger partial charge in [-0.25, -0.2) is 4.79 Å². The van der Waals surface area contributed by atoms with Gasteiger partial charge in [0.05, 0.1) is 11.7 Å². The second-order valence-electron chi connectivity index (χ2n) is 5.02. The van der Waals surface area contributed by atoms with Crippen LogP contribution >= 0.6 is 0 Å². The van der Waals surface area contributed by atoms with E-state index in [1.807, 2.05) is 0 Å². The van der Waals surface area contributed by atoms with Crippen LogP contribution in [0.1, 0.15) is 35.2 Å². The van der Waals surface area contributed by atoms with Gasteiger partial charge in [0.15, 0.2) is 0 Å². The number of methoxy groups -OCH3 is 1. The van der Waals surface area contributed by atoms with Crippen molar-refractivity contribution in [2.45, 2.75) is 31.4 Å². The first-order chi connectivity index (χ1) is 10.1. The summed E-state index contributed by atoms with van der Waals surface area (Å²) in [5.74, 6) is -1.24. The minimum Gasteiger partial charge on any atom is -0.478 e. The molecule has 1 aromatic heterocycles. The van der Waals surface area contributed by atoms with Crippen LogP contribution in [0, 0.1) is 0 Å². The smallest absolute Gasteiger partial charge is 0.328 e. The first-order valence-electron chi connectivity index (χ1n) is 6.78. The van der Waals surface area contributed by atoms with Crippen LogP contribution in [-0.2, 0) is 9.53 Å². The number of carboxylic acid groups (broad SMARTS) is 1. The van der Waals surface area contributed by atoms with Crippen molar-refractivity contribution in [1.82, 2.24) is 10.3 Å². The van der Waals surface area contributed by atoms with Crippen LogP contribution in [-0.4, -0.2) is 41.2 Å². The van der Waals surface area contributed by atoms with E-state index < -0.39 is 5.97 Å². The van der Waals surface area contributed by atoms with Gasteiger partial charge < -0.3 is 15.2 Å². The molecule has 0 aromatic carbocycles. The Kier molecular flexibility index (Phi) is 5.05. The van der Waals surface area contributed by atoms with Crippen molar-refractivity contribution in [2.24, 2.45) is 0 Å². The van der Waals surface area contributed by atoms with Crippen molar-refractivity contribution in [2.75, 3.05) is 7.11 Å². The topological polar surface area (TPSA) is 88.5 Å². The van der Waals surface area contributed by atoms with Crippen LogP contribution in [0.25, 0.3) is 6.08 Å². The minimum absolute atomic E-state index is 0.112. The van der Waals surface area contributed by atoms with E-state index in [2.05, 4.69) is 10.3 Å². The Morgan fingerprint density at radius 1 is 1.43 bits per heavy atom. The van der Waals surface area contributed by atoms with Crippen LogP contribution < -0.4 is 5.32 Å². The van der Waals surface area contributed by atoms with E-state index in [-0.39, 0.29) is 18.1 Å². The maximum absolute atomic E-state index is 12.2. The Bertz CT molecular complexity index is 556. The zero-order valence-electron chi connectivity index (χ0n) is 11.8. The first kappa shape index (κ1) is 15.2. The van der Waals surface area contributed by atoms with Gasteiger partial charge >= 0.3 is 5.97 Å². The summed E-state index contributed by atoms with van der Waals surface area (Å²) < 4.78 is 5.27. The lowest BCUT2D eigenvalue weighted by Crippen LogP contribution is -2.33. The maximum Gasteiger partial charge on any atom is 0.328 e. The van der Waals surface area contributed by atoms with Gasteiger partial charge in [-0.3, -0.25) is 9.78 Å². The third kappa shape index (κ3) is 4.39. The highest BCUT2D eigenvalue weighted by molar-refractivity contribution is 5.95. The molecule has 0 aliphatic heterocycles. The highest BCUT2D eigenvalue weighted by Crippen LogP contribution is 2.21. The number of pyridine rings is 1. The zero-order valence-corrected chi connectivity index (χ0v) is 11.8. The minimum atomic E-state index is -1.04. The third-order valence-corrected chi connectivity index (χ3v) is 3.49. The summed E-state index contributed by atoms with van der Waals surface area (Å²) in [6.45, 7) is 0. The number of nitrogens with zero attached hydrogens (tertiary/aromatic N) is 1. The molecule has 0 saturated heterocycles. The van der Waals surface area contributed by atoms with Gasteiger partial charge in [0.2, 0.25) is 0 Å². The van der Waals surface area contributed by atoms with E-state index in [9.17, 15) is 9.59 Å². The molecule has 6 heteroatoms. The predicted molar refractivity (Wildman–Crippen MR) is 76.8 cm³/mol. The van der Waals surface area contributed by atoms with Crippen LogP contribution in [0.2, 0.25) is 0 Å². The second kappa shape index (κ2) is 6.99. The lowest BCUT2D eigenvalue weighted by atomic mass is 10.1. The largest absolute Gasteiger partial charge is 0.478 e. The van der Waals surface area contributed by atoms with Crippen LogP contribution in [0.15, 0.2) is 24.5 Å². The lowest BCUT2D eigenvalue weighted by molar-refractivity contribution is -0.131. The summed E-state index contributed by atoms with van der Waals surface area (Å²) in [6.07, 6.45) is 8.26. The average Bonchev–Trinajstić information content (AvgIpc) is 2.93. The summed E-state index contributed by atoms with van der Waals surface area (Å²) in [4.78, 5) is 26.6. The van der Waals surface area contributed by atoms with Crippen molar-refractivity contribution >= 4 is 18.0 Å². The number of carboxylic acids is 1. The van der Waals surface area contributed by atoms with E-state index in [0.717, 1.165) is 25.3 Å². The van der Waals surface area contributed by atoms with Crippen molar-refractivity contribution in [3.63, 3.8) is 0 Å². The number of hydrogen-bond acceptors (Lipinski definition) is 4. The van der Waals surface area contributed by atoms with Gasteiger partial charge in [-0.1, -0.05) is 0 Å². The number of aromatic nitrogens is 1. The van der Waals surface area contributed by atoms with Gasteiger partial charge in [0.25, 0.3) is 5.91 Å². The van der Waals surface area contributed by atoms with E-state index >= 15 is 0 Å². The molecule has 0 spiro atoms. The fourth-order valence-corrected chi connectivity index (χ4v) is 2.39. The molecule has 2 unspecified atom stereocenters. The molecule has 1 fully saturated rings. The van der Waals surface area contributed by atoms with Gasteiger partial charge in [-0.15, -0.1) is 0 Å². The van der Waals surface area contributed by atoms with Crippen LogP contribution in [0.4, 0.5) is 0 Å². The van der Waals surface area contributed by atoms with Crippen molar-refractivity contribution in [3.8, 4) is 0 Å². The molecule has 2 N–H and O–H groups in total. The van der Waals surface area contributed by atoms with Crippen molar-refractivity contribution in [1.29, 1.82) is 0 Å². The number of rotatable bonds is 5. The quantitative estimate of drug-likeness (QED) is 0.802. The fourth-order valence-electron chi connectivity index (χ4n) is 2.39. The van der Waals surface area contributed by atoms with Gasteiger partial charge in [-0.05, 0) is 37.0 Å². The molecule has 6 nitrogen and oxygen atoms in total. The Morgan fingerprint density at radius 2 is 2.24 bits per heavy atom. The molecular formula is C15H18N2O4. The summed E-state index contributed by atoms with van der Waals surface area (Å²) in [7, 11) is 1.68. The molecule has 0 bridgehead atoms. The number of aliphatic carboxylic acids is 1. The average molecular weight is 290 g/mol. The summed E-state index contributed by atoms with van der Waals surface area (Å²) in [6, 6.07) is 1.73. The second-order valence-corrected chi connectivity index (χ2v) is 5.02. The molecule has 21 heavy (non-hydrogen) atoms. The molecule has 2 rings (SSSR count). The molecule has 1 amide bonds. The van der Waals surface area contributed by atoms with Gasteiger partial charge in [0.1, 0.15) is 0 Å². The molecule has 2 atom stereocenters. The van der Waals surface area contributed by atoms with Crippen molar-refractivity contribution < 1.29 is 19.4 Å². The van der Waals surface area contributed by atoms with E-state index in [0.29, 0.717) is 11.1 Å². The molecule has 1 aliphatic carbocycles. The Balaban J connectivity index is 1.99.